The van der Waals surface area contributed by atoms with Crippen molar-refractivity contribution < 1.29 is 0 Å². The predicted molar refractivity (Wildman–Crippen MR) is 66.0 cm³/mol. The predicted octanol–water partition coefficient (Wildman–Crippen LogP) is 2.10. The second-order valence-corrected chi connectivity index (χ2v) is 4.46. The Morgan fingerprint density at radius 1 is 1.20 bits per heavy atom. The summed E-state index contributed by atoms with van der Waals surface area (Å²) in [5.74, 6) is 1.28. The average Bonchev–Trinajstić information content (AvgIpc) is 2.29. The van der Waals surface area contributed by atoms with Gasteiger partial charge in [0.1, 0.15) is 6.33 Å². The molecule has 4 heteroatoms. The minimum Gasteiger partial charge on any atom is -0.313 e. The molecule has 0 aliphatic rings. The molecule has 0 saturated heterocycles. The number of nitrogens with one attached hydrogen (secondary N) is 1. The zero-order chi connectivity index (χ0) is 10.8. The van der Waals surface area contributed by atoms with Crippen LogP contribution in [0.2, 0.25) is 0 Å². The number of hydrogen-bond donors (Lipinski definition) is 1. The van der Waals surface area contributed by atoms with E-state index in [-0.39, 0.29) is 0 Å². The summed E-state index contributed by atoms with van der Waals surface area (Å²) >= 11 is 1.93. The lowest BCUT2D eigenvalue weighted by Gasteiger charge is -2.03. The van der Waals surface area contributed by atoms with Gasteiger partial charge in [-0.15, -0.1) is 0 Å². The summed E-state index contributed by atoms with van der Waals surface area (Å²) in [6.07, 6.45) is 11.3. The van der Waals surface area contributed by atoms with Crippen LogP contribution in [0.5, 0.6) is 0 Å². The molecule has 1 aromatic heterocycles. The molecular weight excluding hydrogens is 206 g/mol. The van der Waals surface area contributed by atoms with Gasteiger partial charge in [-0.25, -0.2) is 9.97 Å². The van der Waals surface area contributed by atoms with Crippen LogP contribution in [-0.4, -0.2) is 28.5 Å². The molecule has 0 spiro atoms. The summed E-state index contributed by atoms with van der Waals surface area (Å²) in [4.78, 5) is 7.94. The molecule has 0 atom stereocenters. The molecule has 0 aliphatic heterocycles. The molecule has 1 aromatic rings. The van der Waals surface area contributed by atoms with Crippen LogP contribution in [0.15, 0.2) is 18.7 Å². The molecule has 0 saturated carbocycles. The summed E-state index contributed by atoms with van der Waals surface area (Å²) in [7, 11) is 0. The minimum absolute atomic E-state index is 0.878. The van der Waals surface area contributed by atoms with E-state index in [2.05, 4.69) is 21.5 Å². The van der Waals surface area contributed by atoms with Crippen molar-refractivity contribution in [1.29, 1.82) is 0 Å². The summed E-state index contributed by atoms with van der Waals surface area (Å²) in [5, 5.41) is 3.39. The van der Waals surface area contributed by atoms with Crippen LogP contribution in [0, 0.1) is 0 Å². The van der Waals surface area contributed by atoms with E-state index in [0.717, 1.165) is 18.7 Å². The number of aromatic nitrogens is 2. The number of thioether (sulfide) groups is 1. The Hall–Kier alpha value is -0.610. The molecule has 1 N–H and O–H groups in total. The Balaban J connectivity index is 1.93. The second kappa shape index (κ2) is 8.68. The third-order valence-corrected chi connectivity index (χ3v) is 2.84. The van der Waals surface area contributed by atoms with Crippen molar-refractivity contribution in [3.8, 4) is 0 Å². The summed E-state index contributed by atoms with van der Waals surface area (Å²) in [5.41, 5.74) is 1.15. The van der Waals surface area contributed by atoms with E-state index in [1.54, 1.807) is 6.33 Å². The van der Waals surface area contributed by atoms with Gasteiger partial charge in [-0.3, -0.25) is 0 Å². The Morgan fingerprint density at radius 2 is 2.00 bits per heavy atom. The van der Waals surface area contributed by atoms with Gasteiger partial charge in [0.25, 0.3) is 0 Å². The first-order valence-corrected chi connectivity index (χ1v) is 6.76. The van der Waals surface area contributed by atoms with Gasteiger partial charge in [0.2, 0.25) is 0 Å². The first kappa shape index (κ1) is 12.5. The molecule has 0 aromatic carbocycles. The highest BCUT2D eigenvalue weighted by Crippen LogP contribution is 2.01. The third-order valence-electron chi connectivity index (χ3n) is 2.15. The third kappa shape index (κ3) is 6.47. The van der Waals surface area contributed by atoms with Crippen molar-refractivity contribution in [1.82, 2.24) is 15.3 Å². The highest BCUT2D eigenvalue weighted by atomic mass is 32.2. The normalized spacial score (nSPS) is 10.5. The topological polar surface area (TPSA) is 37.8 Å². The molecule has 0 bridgehead atoms. The molecule has 0 unspecified atom stereocenters. The lowest BCUT2D eigenvalue weighted by molar-refractivity contribution is 0.617. The van der Waals surface area contributed by atoms with Crippen LogP contribution in [0.25, 0.3) is 0 Å². The fraction of sp³-hybridized carbons (Fsp3) is 0.636. The second-order valence-electron chi connectivity index (χ2n) is 3.48. The van der Waals surface area contributed by atoms with Crippen molar-refractivity contribution in [2.45, 2.75) is 25.8 Å². The van der Waals surface area contributed by atoms with Crippen molar-refractivity contribution >= 4 is 11.8 Å². The van der Waals surface area contributed by atoms with Crippen molar-refractivity contribution in [2.75, 3.05) is 18.6 Å². The van der Waals surface area contributed by atoms with Crippen LogP contribution >= 0.6 is 11.8 Å². The summed E-state index contributed by atoms with van der Waals surface area (Å²) in [6.45, 7) is 1.96. The van der Waals surface area contributed by atoms with Crippen LogP contribution in [0.3, 0.4) is 0 Å². The number of rotatable bonds is 8. The number of unbranched alkanes of at least 4 members (excludes halogenated alkanes) is 2. The molecule has 0 radical (unpaired) electrons. The maximum atomic E-state index is 3.97. The molecule has 3 nitrogen and oxygen atoms in total. The minimum atomic E-state index is 0.878. The molecule has 84 valence electrons. The highest BCUT2D eigenvalue weighted by Gasteiger charge is 1.92. The fourth-order valence-electron chi connectivity index (χ4n) is 1.33. The van der Waals surface area contributed by atoms with E-state index < -0.39 is 0 Å². The molecule has 0 fully saturated rings. The lowest BCUT2D eigenvalue weighted by Crippen LogP contribution is -2.14. The van der Waals surface area contributed by atoms with Gasteiger partial charge in [-0.2, -0.15) is 11.8 Å². The van der Waals surface area contributed by atoms with Gasteiger partial charge in [-0.1, -0.05) is 6.42 Å². The fourth-order valence-corrected chi connectivity index (χ4v) is 1.82. The largest absolute Gasteiger partial charge is 0.313 e. The molecule has 0 aliphatic carbocycles. The first-order chi connectivity index (χ1) is 7.43. The van der Waals surface area contributed by atoms with E-state index in [1.165, 1.54) is 25.0 Å². The molecule has 15 heavy (non-hydrogen) atoms. The van der Waals surface area contributed by atoms with E-state index in [1.807, 2.05) is 24.2 Å². The van der Waals surface area contributed by atoms with Gasteiger partial charge >= 0.3 is 0 Å². The van der Waals surface area contributed by atoms with Gasteiger partial charge < -0.3 is 5.32 Å². The quantitative estimate of drug-likeness (QED) is 0.688. The smallest absolute Gasteiger partial charge is 0.115 e. The Labute approximate surface area is 96.1 Å². The van der Waals surface area contributed by atoms with Crippen molar-refractivity contribution in [3.63, 3.8) is 0 Å². The highest BCUT2D eigenvalue weighted by molar-refractivity contribution is 7.98. The van der Waals surface area contributed by atoms with E-state index in [9.17, 15) is 0 Å². The molecule has 1 heterocycles. The van der Waals surface area contributed by atoms with Gasteiger partial charge in [-0.05, 0) is 31.4 Å². The standard InChI is InChI=1S/C11H19N3S/c1-15-6-4-2-3-5-12-7-11-8-13-10-14-9-11/h8-10,12H,2-7H2,1H3. The Kier molecular flexibility index (Phi) is 7.21. The maximum absolute atomic E-state index is 3.97. The van der Waals surface area contributed by atoms with Gasteiger partial charge in [0, 0.05) is 24.5 Å². The molecular formula is C11H19N3S. The summed E-state index contributed by atoms with van der Waals surface area (Å²) in [6, 6.07) is 0. The van der Waals surface area contributed by atoms with Crippen molar-refractivity contribution in [3.05, 3.63) is 24.3 Å². The van der Waals surface area contributed by atoms with E-state index in [4.69, 9.17) is 0 Å². The lowest BCUT2D eigenvalue weighted by atomic mass is 10.2. The summed E-state index contributed by atoms with van der Waals surface area (Å²) < 4.78 is 0. The number of hydrogen-bond acceptors (Lipinski definition) is 4. The van der Waals surface area contributed by atoms with E-state index in [0.29, 0.717) is 0 Å². The van der Waals surface area contributed by atoms with Gasteiger partial charge in [0.15, 0.2) is 0 Å². The monoisotopic (exact) mass is 225 g/mol. The average molecular weight is 225 g/mol. The van der Waals surface area contributed by atoms with Gasteiger partial charge in [0.05, 0.1) is 0 Å². The van der Waals surface area contributed by atoms with Crippen LogP contribution < -0.4 is 5.32 Å². The maximum Gasteiger partial charge on any atom is 0.115 e. The van der Waals surface area contributed by atoms with E-state index >= 15 is 0 Å². The zero-order valence-corrected chi connectivity index (χ0v) is 10.1. The van der Waals surface area contributed by atoms with Crippen LogP contribution in [0.1, 0.15) is 24.8 Å². The van der Waals surface area contributed by atoms with Crippen molar-refractivity contribution in [2.24, 2.45) is 0 Å². The first-order valence-electron chi connectivity index (χ1n) is 5.37. The Bertz CT molecular complexity index is 241. The van der Waals surface area contributed by atoms with Crippen LogP contribution in [-0.2, 0) is 6.54 Å². The molecule has 0 amide bonds. The van der Waals surface area contributed by atoms with Crippen LogP contribution in [0.4, 0.5) is 0 Å². The SMILES string of the molecule is CSCCCCCNCc1cncnc1. The molecule has 1 rings (SSSR count). The Morgan fingerprint density at radius 3 is 2.73 bits per heavy atom. The zero-order valence-electron chi connectivity index (χ0n) is 9.28. The number of nitrogens with zero attached hydrogens (tertiary/aromatic N) is 2.